The minimum atomic E-state index is 1.21. The molecule has 24 aromatic carbocycles. The predicted octanol–water partition coefficient (Wildman–Crippen LogP) is 33.4. The van der Waals surface area contributed by atoms with Gasteiger partial charge in [-0.25, -0.2) is 0 Å². The maximum Gasteiger partial charge on any atom is -0.00259 e. The number of benzene rings is 24. The molecule has 0 N–H and O–H groups in total. The molecule has 0 aromatic heterocycles. The SMILES string of the molecule is c1ccc(-c2ccc(-c3c4ccccc4c(-c4ccc5c(-c6ccc7ccccc7c6)c6ccccc6c(-c6ccc7ccccc7c6)c5c4)c4ccccc34)cc2)cc1.c1ccc2cc(-c3c4ccccc4c(-c4ccc5c(-c6ccc7ccccc7c6)c6ccccc6c(-c6ccc7ccccc7c6)c5c4)c4ccccc34)ccc2c1. The lowest BCUT2D eigenvalue weighted by atomic mass is 9.82. The Kier molecular flexibility index (Phi) is 16.4. The molecular formula is C118H74. The van der Waals surface area contributed by atoms with E-state index in [1.54, 1.807) is 0 Å². The zero-order chi connectivity index (χ0) is 77.7. The third-order valence-electron chi connectivity index (χ3n) is 25.0. The van der Waals surface area contributed by atoms with Crippen molar-refractivity contribution in [1.82, 2.24) is 0 Å². The molecule has 0 radical (unpaired) electrons. The van der Waals surface area contributed by atoms with Crippen LogP contribution in [0.25, 0.3) is 240 Å². The minimum Gasteiger partial charge on any atom is -0.0622 e. The topological polar surface area (TPSA) is 0 Å². The van der Waals surface area contributed by atoms with E-state index in [0.29, 0.717) is 0 Å². The van der Waals surface area contributed by atoms with Crippen LogP contribution in [0.3, 0.4) is 0 Å². The van der Waals surface area contributed by atoms with Crippen molar-refractivity contribution in [3.8, 4) is 100 Å². The molecule has 0 bridgehead atoms. The summed E-state index contributed by atoms with van der Waals surface area (Å²) in [6.45, 7) is 0. The molecule has 0 heteroatoms. The van der Waals surface area contributed by atoms with Crippen LogP contribution in [0.4, 0.5) is 0 Å². The van der Waals surface area contributed by atoms with Crippen LogP contribution in [0.5, 0.6) is 0 Å². The fourth-order valence-corrected chi connectivity index (χ4v) is 19.6. The van der Waals surface area contributed by atoms with Gasteiger partial charge in [0.15, 0.2) is 0 Å². The van der Waals surface area contributed by atoms with Crippen LogP contribution in [0.1, 0.15) is 0 Å². The Bertz CT molecular complexity index is 8110. The molecule has 118 heavy (non-hydrogen) atoms. The van der Waals surface area contributed by atoms with Crippen LogP contribution in [0.15, 0.2) is 449 Å². The van der Waals surface area contributed by atoms with Crippen LogP contribution in [-0.2, 0) is 0 Å². The molecule has 0 fully saturated rings. The van der Waals surface area contributed by atoms with Crippen molar-refractivity contribution in [1.29, 1.82) is 0 Å². The van der Waals surface area contributed by atoms with Gasteiger partial charge in [-0.1, -0.05) is 406 Å². The van der Waals surface area contributed by atoms with E-state index < -0.39 is 0 Å². The van der Waals surface area contributed by atoms with E-state index in [9.17, 15) is 0 Å². The van der Waals surface area contributed by atoms with Crippen molar-refractivity contribution in [2.75, 3.05) is 0 Å². The molecule has 0 aliphatic carbocycles. The van der Waals surface area contributed by atoms with Crippen molar-refractivity contribution in [2.24, 2.45) is 0 Å². The van der Waals surface area contributed by atoms with Crippen LogP contribution in [0, 0.1) is 0 Å². The summed E-state index contributed by atoms with van der Waals surface area (Å²) >= 11 is 0. The summed E-state index contributed by atoms with van der Waals surface area (Å²) in [5.74, 6) is 0. The number of rotatable bonds is 9. The van der Waals surface area contributed by atoms with Gasteiger partial charge in [0.25, 0.3) is 0 Å². The Morgan fingerprint density at radius 3 is 0.475 bits per heavy atom. The minimum absolute atomic E-state index is 1.21. The maximum absolute atomic E-state index is 2.49. The molecule has 0 aliphatic heterocycles. The largest absolute Gasteiger partial charge is 0.0622 e. The predicted molar refractivity (Wildman–Crippen MR) is 509 cm³/mol. The van der Waals surface area contributed by atoms with Crippen LogP contribution in [0.2, 0.25) is 0 Å². The average Bonchev–Trinajstić information content (AvgIpc) is 0.748. The van der Waals surface area contributed by atoms with Gasteiger partial charge in [0.2, 0.25) is 0 Å². The van der Waals surface area contributed by atoms with Gasteiger partial charge in [0, 0.05) is 0 Å². The highest BCUT2D eigenvalue weighted by Crippen LogP contribution is 2.53. The quantitative estimate of drug-likeness (QED) is 0.126. The van der Waals surface area contributed by atoms with E-state index in [1.165, 1.54) is 240 Å². The summed E-state index contributed by atoms with van der Waals surface area (Å²) < 4.78 is 0. The van der Waals surface area contributed by atoms with E-state index in [-0.39, 0.29) is 0 Å². The first-order valence-corrected chi connectivity index (χ1v) is 41.0. The van der Waals surface area contributed by atoms with Gasteiger partial charge in [-0.05, 0) is 283 Å². The maximum atomic E-state index is 2.49. The van der Waals surface area contributed by atoms with Gasteiger partial charge in [0.05, 0.1) is 0 Å². The fraction of sp³-hybridized carbons (Fsp3) is 0. The second kappa shape index (κ2) is 28.3. The monoisotopic (exact) mass is 1490 g/mol. The third-order valence-corrected chi connectivity index (χ3v) is 25.0. The summed E-state index contributed by atoms with van der Waals surface area (Å²) in [5, 5.41) is 32.6. The molecule has 0 atom stereocenters. The first kappa shape index (κ1) is 68.3. The van der Waals surface area contributed by atoms with Crippen molar-refractivity contribution >= 4 is 140 Å². The summed E-state index contributed by atoms with van der Waals surface area (Å²) in [5.41, 5.74) is 22.4. The molecule has 546 valence electrons. The van der Waals surface area contributed by atoms with Crippen LogP contribution < -0.4 is 0 Å². The molecule has 0 aliphatic rings. The first-order valence-electron chi connectivity index (χ1n) is 41.0. The third kappa shape index (κ3) is 11.5. The van der Waals surface area contributed by atoms with Gasteiger partial charge >= 0.3 is 0 Å². The van der Waals surface area contributed by atoms with Gasteiger partial charge in [-0.3, -0.25) is 0 Å². The van der Waals surface area contributed by atoms with Gasteiger partial charge in [0.1, 0.15) is 0 Å². The first-order chi connectivity index (χ1) is 58.5. The number of hydrogen-bond acceptors (Lipinski definition) is 0. The van der Waals surface area contributed by atoms with Crippen molar-refractivity contribution in [2.45, 2.75) is 0 Å². The molecule has 24 aromatic rings. The van der Waals surface area contributed by atoms with E-state index >= 15 is 0 Å². The number of fused-ring (bicyclic) bond motifs is 13. The van der Waals surface area contributed by atoms with E-state index in [0.717, 1.165) is 0 Å². The normalized spacial score (nSPS) is 11.7. The lowest BCUT2D eigenvalue weighted by Gasteiger charge is -2.21. The van der Waals surface area contributed by atoms with Gasteiger partial charge < -0.3 is 0 Å². The molecule has 0 saturated carbocycles. The molecule has 0 unspecified atom stereocenters. The standard InChI is InChI=1S/C60H38.C58H36/c1-2-14-39(15-3-1)42-26-30-43(31-27-42)57-49-20-8-10-22-51(49)59(52-23-11-9-21-50(52)57)48-34-35-55-56(38-48)60(47-33-29-41-17-5-7-19-45(41)37-47)54-25-13-12-24-53(54)58(55)46-32-28-40-16-4-6-18-44(40)36-46;1-4-16-40-33-43(28-25-37(40)13-1)55-47-19-7-9-21-49(47)57(50-22-10-8-20-48(50)55)46-31-32-53-54(36-46)58(45-30-27-39-15-3-6-18-42(39)35-45)52-24-12-11-23-51(52)56(53)44-29-26-38-14-2-5-17-41(38)34-44/h1-38H;1-36H. The Morgan fingerprint density at radius 1 is 0.0763 bits per heavy atom. The Balaban J connectivity index is 0.000000138. The molecule has 0 amide bonds. The summed E-state index contributed by atoms with van der Waals surface area (Å²) in [6, 6.07) is 166. The zero-order valence-corrected chi connectivity index (χ0v) is 64.7. The molecule has 0 spiro atoms. The van der Waals surface area contributed by atoms with E-state index in [2.05, 4.69) is 449 Å². The number of hydrogen-bond donors (Lipinski definition) is 0. The summed E-state index contributed by atoms with van der Waals surface area (Å²) in [4.78, 5) is 0. The Morgan fingerprint density at radius 2 is 0.229 bits per heavy atom. The molecule has 0 saturated heterocycles. The van der Waals surface area contributed by atoms with Gasteiger partial charge in [-0.15, -0.1) is 0 Å². The lowest BCUT2D eigenvalue weighted by Crippen LogP contribution is -1.94. The van der Waals surface area contributed by atoms with Crippen molar-refractivity contribution < 1.29 is 0 Å². The highest BCUT2D eigenvalue weighted by Gasteiger charge is 2.25. The molecule has 0 nitrogen and oxygen atoms in total. The van der Waals surface area contributed by atoms with Gasteiger partial charge in [-0.2, -0.15) is 0 Å². The highest BCUT2D eigenvalue weighted by atomic mass is 14.3. The van der Waals surface area contributed by atoms with Crippen LogP contribution in [-0.4, -0.2) is 0 Å². The molecule has 0 heterocycles. The Hall–Kier alpha value is -15.3. The molecular weight excluding hydrogens is 1420 g/mol. The second-order valence-corrected chi connectivity index (χ2v) is 31.5. The van der Waals surface area contributed by atoms with Crippen molar-refractivity contribution in [3.63, 3.8) is 0 Å². The fourth-order valence-electron chi connectivity index (χ4n) is 19.6. The zero-order valence-electron chi connectivity index (χ0n) is 64.7. The van der Waals surface area contributed by atoms with E-state index in [1.807, 2.05) is 0 Å². The second-order valence-electron chi connectivity index (χ2n) is 31.5. The van der Waals surface area contributed by atoms with Crippen molar-refractivity contribution in [3.05, 3.63) is 449 Å². The lowest BCUT2D eigenvalue weighted by molar-refractivity contribution is 1.61. The van der Waals surface area contributed by atoms with Crippen LogP contribution >= 0.6 is 0 Å². The summed E-state index contributed by atoms with van der Waals surface area (Å²) in [6.07, 6.45) is 0. The Labute approximate surface area is 684 Å². The molecule has 24 rings (SSSR count). The smallest absolute Gasteiger partial charge is 0.00259 e. The highest BCUT2D eigenvalue weighted by molar-refractivity contribution is 6.28. The summed E-state index contributed by atoms with van der Waals surface area (Å²) in [7, 11) is 0. The average molecular weight is 1490 g/mol. The van der Waals surface area contributed by atoms with E-state index in [4.69, 9.17) is 0 Å².